The number of hydrogen-bond donors (Lipinski definition) is 0. The van der Waals surface area contributed by atoms with Crippen molar-refractivity contribution in [3.8, 4) is 6.07 Å². The van der Waals surface area contributed by atoms with E-state index in [2.05, 4.69) is 22.6 Å². The standard InChI is InChI=1S/C15H8Cl2INO/c16-12-5-2-6-13(17)14(12)11(8-19)15(20)9-3-1-4-10(18)7-9/h1-7,11H. The summed E-state index contributed by atoms with van der Waals surface area (Å²) in [7, 11) is 0. The SMILES string of the molecule is N#CC(C(=O)c1cccc(I)c1)c1c(Cl)cccc1Cl. The summed E-state index contributed by atoms with van der Waals surface area (Å²) in [5.41, 5.74) is 0.835. The zero-order valence-electron chi connectivity index (χ0n) is 10.1. The summed E-state index contributed by atoms with van der Waals surface area (Å²) < 4.78 is 0.926. The third-order valence-electron chi connectivity index (χ3n) is 2.79. The topological polar surface area (TPSA) is 40.9 Å². The van der Waals surface area contributed by atoms with Gasteiger partial charge in [-0.2, -0.15) is 5.26 Å². The summed E-state index contributed by atoms with van der Waals surface area (Å²) in [5, 5.41) is 9.98. The molecule has 0 radical (unpaired) electrons. The van der Waals surface area contributed by atoms with E-state index in [4.69, 9.17) is 23.2 Å². The van der Waals surface area contributed by atoms with Crippen LogP contribution in [-0.2, 0) is 0 Å². The molecule has 2 aromatic rings. The van der Waals surface area contributed by atoms with Gasteiger partial charge >= 0.3 is 0 Å². The average molecular weight is 416 g/mol. The Morgan fingerprint density at radius 3 is 2.30 bits per heavy atom. The number of benzene rings is 2. The van der Waals surface area contributed by atoms with Crippen LogP contribution in [0.1, 0.15) is 21.8 Å². The summed E-state index contributed by atoms with van der Waals surface area (Å²) in [6, 6.07) is 14.0. The van der Waals surface area contributed by atoms with Gasteiger partial charge in [0.1, 0.15) is 5.92 Å². The first kappa shape index (κ1) is 15.3. The lowest BCUT2D eigenvalue weighted by Gasteiger charge is -2.12. The third-order valence-corrected chi connectivity index (χ3v) is 4.12. The number of carbonyl (C=O) groups is 1. The molecule has 0 aliphatic rings. The van der Waals surface area contributed by atoms with Crippen molar-refractivity contribution in [3.63, 3.8) is 0 Å². The van der Waals surface area contributed by atoms with Gasteiger partial charge in [0.2, 0.25) is 0 Å². The Kier molecular flexibility index (Phi) is 5.03. The minimum Gasteiger partial charge on any atom is -0.292 e. The zero-order chi connectivity index (χ0) is 14.7. The van der Waals surface area contributed by atoms with Crippen molar-refractivity contribution in [2.75, 3.05) is 0 Å². The molecule has 5 heteroatoms. The van der Waals surface area contributed by atoms with Crippen molar-refractivity contribution in [2.24, 2.45) is 0 Å². The van der Waals surface area contributed by atoms with Crippen LogP contribution in [0.15, 0.2) is 42.5 Å². The molecule has 0 saturated heterocycles. The second-order valence-corrected chi connectivity index (χ2v) is 6.13. The number of nitriles is 1. The van der Waals surface area contributed by atoms with Gasteiger partial charge in [0, 0.05) is 24.7 Å². The second-order valence-electron chi connectivity index (χ2n) is 4.07. The smallest absolute Gasteiger partial charge is 0.184 e. The molecule has 0 amide bonds. The number of nitrogens with zero attached hydrogens (tertiary/aromatic N) is 1. The lowest BCUT2D eigenvalue weighted by Crippen LogP contribution is -2.12. The van der Waals surface area contributed by atoms with Gasteiger partial charge in [0.05, 0.1) is 6.07 Å². The van der Waals surface area contributed by atoms with Crippen molar-refractivity contribution in [2.45, 2.75) is 5.92 Å². The van der Waals surface area contributed by atoms with E-state index >= 15 is 0 Å². The highest BCUT2D eigenvalue weighted by Crippen LogP contribution is 2.33. The Bertz CT molecular complexity index is 689. The van der Waals surface area contributed by atoms with E-state index in [1.54, 1.807) is 36.4 Å². The Labute approximate surface area is 140 Å². The molecule has 0 spiro atoms. The molecule has 0 heterocycles. The largest absolute Gasteiger partial charge is 0.292 e. The number of rotatable bonds is 3. The second kappa shape index (κ2) is 6.57. The predicted molar refractivity (Wildman–Crippen MR) is 88.3 cm³/mol. The monoisotopic (exact) mass is 415 g/mol. The number of Topliss-reactive ketones (excluding diaryl/α,β-unsaturated/α-hetero) is 1. The van der Waals surface area contributed by atoms with E-state index in [0.717, 1.165) is 3.57 Å². The van der Waals surface area contributed by atoms with Gasteiger partial charge < -0.3 is 0 Å². The first-order valence-electron chi connectivity index (χ1n) is 5.68. The van der Waals surface area contributed by atoms with Crippen LogP contribution in [0.4, 0.5) is 0 Å². The van der Waals surface area contributed by atoms with Crippen molar-refractivity contribution >= 4 is 51.6 Å². The molecule has 0 saturated carbocycles. The minimum absolute atomic E-state index is 0.305. The highest BCUT2D eigenvalue weighted by atomic mass is 127. The van der Waals surface area contributed by atoms with Gasteiger partial charge in [-0.15, -0.1) is 0 Å². The molecule has 20 heavy (non-hydrogen) atoms. The normalized spacial score (nSPS) is 11.7. The van der Waals surface area contributed by atoms with Crippen LogP contribution in [0.25, 0.3) is 0 Å². The van der Waals surface area contributed by atoms with Gasteiger partial charge in [-0.1, -0.05) is 41.4 Å². The molecule has 0 bridgehead atoms. The molecule has 1 atom stereocenters. The maximum Gasteiger partial charge on any atom is 0.184 e. The maximum absolute atomic E-state index is 12.5. The van der Waals surface area contributed by atoms with E-state index in [-0.39, 0.29) is 5.78 Å². The third kappa shape index (κ3) is 3.14. The summed E-state index contributed by atoms with van der Waals surface area (Å²) in [4.78, 5) is 12.5. The molecular weight excluding hydrogens is 408 g/mol. The molecule has 0 N–H and O–H groups in total. The van der Waals surface area contributed by atoms with Gasteiger partial charge in [0.15, 0.2) is 5.78 Å². The summed E-state index contributed by atoms with van der Waals surface area (Å²) in [5.74, 6) is -1.31. The molecule has 1 unspecified atom stereocenters. The summed E-state index contributed by atoms with van der Waals surface area (Å²) in [6.07, 6.45) is 0. The van der Waals surface area contributed by atoms with E-state index in [9.17, 15) is 10.1 Å². The highest BCUT2D eigenvalue weighted by Gasteiger charge is 2.26. The summed E-state index contributed by atoms with van der Waals surface area (Å²) in [6.45, 7) is 0. The fourth-order valence-corrected chi connectivity index (χ4v) is 3.01. The molecule has 0 aliphatic heterocycles. The van der Waals surface area contributed by atoms with Crippen LogP contribution in [-0.4, -0.2) is 5.78 Å². The van der Waals surface area contributed by atoms with Crippen molar-refractivity contribution < 1.29 is 4.79 Å². The molecule has 2 aromatic carbocycles. The molecule has 0 aliphatic carbocycles. The fourth-order valence-electron chi connectivity index (χ4n) is 1.85. The van der Waals surface area contributed by atoms with Gasteiger partial charge in [-0.3, -0.25) is 4.79 Å². The fraction of sp³-hybridized carbons (Fsp3) is 0.0667. The molecule has 0 fully saturated rings. The minimum atomic E-state index is -1.01. The van der Waals surface area contributed by atoms with Gasteiger partial charge in [-0.25, -0.2) is 0 Å². The molecule has 2 rings (SSSR count). The van der Waals surface area contributed by atoms with Crippen molar-refractivity contribution in [3.05, 3.63) is 67.2 Å². The predicted octanol–water partition coefficient (Wildman–Crippen LogP) is 5.09. The number of hydrogen-bond acceptors (Lipinski definition) is 2. The highest BCUT2D eigenvalue weighted by molar-refractivity contribution is 14.1. The Morgan fingerprint density at radius 2 is 1.75 bits per heavy atom. The summed E-state index contributed by atoms with van der Waals surface area (Å²) >= 11 is 14.3. The lowest BCUT2D eigenvalue weighted by molar-refractivity contribution is 0.0979. The molecule has 0 aromatic heterocycles. The van der Waals surface area contributed by atoms with Crippen LogP contribution in [0, 0.1) is 14.9 Å². The van der Waals surface area contributed by atoms with E-state index < -0.39 is 5.92 Å². The molecule has 2 nitrogen and oxygen atoms in total. The maximum atomic E-state index is 12.5. The Balaban J connectivity index is 2.49. The number of ketones is 1. The van der Waals surface area contributed by atoms with E-state index in [0.29, 0.717) is 21.2 Å². The van der Waals surface area contributed by atoms with Gasteiger partial charge in [-0.05, 0) is 46.9 Å². The zero-order valence-corrected chi connectivity index (χ0v) is 13.8. The molecule has 100 valence electrons. The molecular formula is C15H8Cl2INO. The Morgan fingerprint density at radius 1 is 1.15 bits per heavy atom. The van der Waals surface area contributed by atoms with Crippen LogP contribution in [0.2, 0.25) is 10.0 Å². The Hall–Kier alpha value is -1.09. The van der Waals surface area contributed by atoms with Crippen LogP contribution in [0.3, 0.4) is 0 Å². The first-order valence-corrected chi connectivity index (χ1v) is 7.51. The lowest BCUT2D eigenvalue weighted by atomic mass is 9.92. The number of halogens is 3. The van der Waals surface area contributed by atoms with E-state index in [1.807, 2.05) is 12.1 Å². The first-order chi connectivity index (χ1) is 9.54. The van der Waals surface area contributed by atoms with Gasteiger partial charge in [0.25, 0.3) is 0 Å². The van der Waals surface area contributed by atoms with E-state index in [1.165, 1.54) is 0 Å². The van der Waals surface area contributed by atoms with Crippen LogP contribution >= 0.6 is 45.8 Å². The van der Waals surface area contributed by atoms with Crippen molar-refractivity contribution in [1.29, 1.82) is 5.26 Å². The average Bonchev–Trinajstić information content (AvgIpc) is 2.42. The van der Waals surface area contributed by atoms with Crippen LogP contribution in [0.5, 0.6) is 0 Å². The number of carbonyl (C=O) groups excluding carboxylic acids is 1. The quantitative estimate of drug-likeness (QED) is 0.517. The van der Waals surface area contributed by atoms with Crippen molar-refractivity contribution in [1.82, 2.24) is 0 Å². The van der Waals surface area contributed by atoms with Crippen LogP contribution < -0.4 is 0 Å².